The number of rotatable bonds is 5. The third-order valence-electron chi connectivity index (χ3n) is 7.16. The molecule has 0 amide bonds. The number of hydrogen-bond donors (Lipinski definition) is 1. The molecule has 0 fully saturated rings. The number of fused-ring (bicyclic) bond motifs is 2. The second-order valence-electron chi connectivity index (χ2n) is 9.52. The molecule has 0 saturated heterocycles. The lowest BCUT2D eigenvalue weighted by Gasteiger charge is -2.33. The Morgan fingerprint density at radius 3 is 2.62 bits per heavy atom. The lowest BCUT2D eigenvalue weighted by molar-refractivity contribution is 0.112. The molecule has 0 saturated carbocycles. The van der Waals surface area contributed by atoms with E-state index in [1.807, 2.05) is 13.1 Å². The molecule has 2 aromatic carbocycles. The minimum atomic E-state index is -1.13. The maximum absolute atomic E-state index is 11.2. The van der Waals surface area contributed by atoms with Crippen LogP contribution in [0.3, 0.4) is 0 Å². The molecule has 0 unspecified atom stereocenters. The summed E-state index contributed by atoms with van der Waals surface area (Å²) in [6.07, 6.45) is 2.15. The summed E-state index contributed by atoms with van der Waals surface area (Å²) >= 11 is 0. The highest BCUT2D eigenvalue weighted by molar-refractivity contribution is 5.63. The fourth-order valence-electron chi connectivity index (χ4n) is 4.97. The van der Waals surface area contributed by atoms with Crippen LogP contribution >= 0.6 is 0 Å². The number of likely N-dealkylation sites (N-methyl/N-ethyl adjacent to an activating group) is 1. The van der Waals surface area contributed by atoms with Crippen LogP contribution in [0, 0.1) is 32.6 Å². The zero-order chi connectivity index (χ0) is 24.6. The van der Waals surface area contributed by atoms with Crippen LogP contribution in [0.5, 0.6) is 23.0 Å². The largest absolute Gasteiger partial charge is 0.496 e. The summed E-state index contributed by atoms with van der Waals surface area (Å²) in [5.41, 5.74) is 5.79. The maximum atomic E-state index is 11.2. The molecule has 2 heterocycles. The summed E-state index contributed by atoms with van der Waals surface area (Å²) in [5, 5.41) is 11.2. The number of ether oxygens (including phenoxy) is 4. The predicted octanol–water partition coefficient (Wildman–Crippen LogP) is 4.27. The first-order chi connectivity index (χ1) is 16.2. The second-order valence-corrected chi connectivity index (χ2v) is 9.52. The molecule has 6 nitrogen and oxygen atoms in total. The van der Waals surface area contributed by atoms with Crippen LogP contribution in [0.2, 0.25) is 0 Å². The van der Waals surface area contributed by atoms with E-state index in [1.54, 1.807) is 21.1 Å². The first-order valence-corrected chi connectivity index (χ1v) is 11.7. The van der Waals surface area contributed by atoms with Crippen molar-refractivity contribution in [3.05, 3.63) is 45.5 Å². The summed E-state index contributed by atoms with van der Waals surface area (Å²) in [6, 6.07) is 3.91. The molecule has 182 valence electrons. The fraction of sp³-hybridized carbons (Fsp3) is 0.500. The van der Waals surface area contributed by atoms with Gasteiger partial charge in [0, 0.05) is 12.1 Å². The Bertz CT molecular complexity index is 1160. The molecule has 0 spiro atoms. The average molecular weight is 466 g/mol. The molecule has 34 heavy (non-hydrogen) atoms. The van der Waals surface area contributed by atoms with Crippen LogP contribution in [0.4, 0.5) is 0 Å². The smallest absolute Gasteiger partial charge is 0.231 e. The molecule has 4 rings (SSSR count). The first-order valence-electron chi connectivity index (χ1n) is 11.7. The Labute approximate surface area is 202 Å². The van der Waals surface area contributed by atoms with Gasteiger partial charge in [-0.3, -0.25) is 4.90 Å². The van der Waals surface area contributed by atoms with Gasteiger partial charge in [0.15, 0.2) is 11.5 Å². The maximum Gasteiger partial charge on any atom is 0.231 e. The van der Waals surface area contributed by atoms with Gasteiger partial charge < -0.3 is 24.1 Å². The molecule has 2 atom stereocenters. The highest BCUT2D eigenvalue weighted by atomic mass is 16.7. The van der Waals surface area contributed by atoms with Crippen LogP contribution in [0.25, 0.3) is 0 Å². The molecular formula is C28H35NO5. The van der Waals surface area contributed by atoms with Crippen LogP contribution in [0.15, 0.2) is 12.1 Å². The predicted molar refractivity (Wildman–Crippen MR) is 132 cm³/mol. The van der Waals surface area contributed by atoms with E-state index in [-0.39, 0.29) is 12.8 Å². The normalized spacial score (nSPS) is 18.5. The van der Waals surface area contributed by atoms with E-state index in [1.165, 1.54) is 16.7 Å². The van der Waals surface area contributed by atoms with Crippen molar-refractivity contribution >= 4 is 0 Å². The van der Waals surface area contributed by atoms with Gasteiger partial charge in [-0.15, -0.1) is 0 Å². The molecular weight excluding hydrogens is 430 g/mol. The number of aliphatic hydroxyl groups is 1. The van der Waals surface area contributed by atoms with Crippen molar-refractivity contribution in [2.24, 2.45) is 0 Å². The number of benzene rings is 2. The Balaban J connectivity index is 1.61. The van der Waals surface area contributed by atoms with Gasteiger partial charge in [-0.1, -0.05) is 11.8 Å². The molecule has 1 N–H and O–H groups in total. The monoisotopic (exact) mass is 465 g/mol. The Morgan fingerprint density at radius 1 is 1.15 bits per heavy atom. The number of methoxy groups -OCH3 is 2. The Kier molecular flexibility index (Phi) is 6.71. The SMILES string of the molecule is COc1cc(C)c(CC[C@@](C)(O)C#C[C@@H]2c3c(cc4c(c3OC)OCO4)CCN2C)c(C)c1C. The van der Waals surface area contributed by atoms with Gasteiger partial charge in [-0.05, 0) is 94.0 Å². The van der Waals surface area contributed by atoms with E-state index in [2.05, 4.69) is 43.6 Å². The second kappa shape index (κ2) is 9.40. The van der Waals surface area contributed by atoms with Crippen molar-refractivity contribution in [2.45, 2.75) is 58.6 Å². The first kappa shape index (κ1) is 24.3. The van der Waals surface area contributed by atoms with Gasteiger partial charge >= 0.3 is 0 Å². The minimum Gasteiger partial charge on any atom is -0.496 e. The van der Waals surface area contributed by atoms with Gasteiger partial charge in [-0.2, -0.15) is 0 Å². The average Bonchev–Trinajstić information content (AvgIpc) is 3.27. The van der Waals surface area contributed by atoms with E-state index >= 15 is 0 Å². The van der Waals surface area contributed by atoms with Crippen molar-refractivity contribution in [3.63, 3.8) is 0 Å². The summed E-state index contributed by atoms with van der Waals surface area (Å²) in [4.78, 5) is 2.19. The standard InChI is InChI=1S/C28H35NO5/c1-17-14-23(31-6)19(3)18(2)21(17)8-11-28(4,30)12-9-22-25-20(10-13-29(22)5)15-24-26(27(25)32-7)34-16-33-24/h14-15,22,30H,8,10-11,13,16H2,1-7H3/t22-,28-/m1/s1. The Morgan fingerprint density at radius 2 is 1.91 bits per heavy atom. The van der Waals surface area contributed by atoms with Gasteiger partial charge in [0.05, 0.1) is 14.2 Å². The zero-order valence-corrected chi connectivity index (χ0v) is 21.3. The van der Waals surface area contributed by atoms with Gasteiger partial charge in [0.2, 0.25) is 12.5 Å². The van der Waals surface area contributed by atoms with Crippen LogP contribution < -0.4 is 18.9 Å². The summed E-state index contributed by atoms with van der Waals surface area (Å²) in [7, 11) is 5.40. The van der Waals surface area contributed by atoms with Gasteiger partial charge in [-0.25, -0.2) is 0 Å². The van der Waals surface area contributed by atoms with Crippen LogP contribution in [-0.2, 0) is 12.8 Å². The van der Waals surface area contributed by atoms with E-state index in [9.17, 15) is 5.11 Å². The van der Waals surface area contributed by atoms with E-state index in [0.717, 1.165) is 47.6 Å². The molecule has 0 aromatic heterocycles. The quantitative estimate of drug-likeness (QED) is 0.666. The van der Waals surface area contributed by atoms with E-state index in [0.29, 0.717) is 17.9 Å². The number of hydrogen-bond acceptors (Lipinski definition) is 6. The van der Waals surface area contributed by atoms with Gasteiger partial charge in [0.25, 0.3) is 0 Å². The lowest BCUT2D eigenvalue weighted by Crippen LogP contribution is -2.32. The van der Waals surface area contributed by atoms with E-state index < -0.39 is 5.60 Å². The molecule has 0 aliphatic carbocycles. The topological polar surface area (TPSA) is 60.4 Å². The molecule has 2 aliphatic heterocycles. The van der Waals surface area contributed by atoms with Crippen LogP contribution in [0.1, 0.15) is 52.8 Å². The fourth-order valence-corrected chi connectivity index (χ4v) is 4.97. The lowest BCUT2D eigenvalue weighted by atomic mass is 9.88. The highest BCUT2D eigenvalue weighted by Gasteiger charge is 2.33. The summed E-state index contributed by atoms with van der Waals surface area (Å²) in [6.45, 7) is 9.13. The third kappa shape index (κ3) is 4.43. The third-order valence-corrected chi connectivity index (χ3v) is 7.16. The van der Waals surface area contributed by atoms with Crippen molar-refractivity contribution in [1.29, 1.82) is 0 Å². The van der Waals surface area contributed by atoms with Crippen molar-refractivity contribution < 1.29 is 24.1 Å². The zero-order valence-electron chi connectivity index (χ0n) is 21.3. The number of aryl methyl sites for hydroxylation is 1. The van der Waals surface area contributed by atoms with E-state index in [4.69, 9.17) is 18.9 Å². The minimum absolute atomic E-state index is 0.194. The summed E-state index contributed by atoms with van der Waals surface area (Å²) in [5.74, 6) is 9.47. The van der Waals surface area contributed by atoms with Crippen molar-refractivity contribution in [1.82, 2.24) is 4.90 Å². The van der Waals surface area contributed by atoms with Crippen LogP contribution in [-0.4, -0.2) is 50.2 Å². The van der Waals surface area contributed by atoms with Crippen molar-refractivity contribution in [2.75, 3.05) is 34.6 Å². The van der Waals surface area contributed by atoms with Gasteiger partial charge in [0.1, 0.15) is 17.4 Å². The Hall–Kier alpha value is -2.88. The molecule has 0 radical (unpaired) electrons. The number of nitrogens with zero attached hydrogens (tertiary/aromatic N) is 1. The molecule has 6 heteroatoms. The molecule has 2 aliphatic rings. The molecule has 2 aromatic rings. The highest BCUT2D eigenvalue weighted by Crippen LogP contribution is 2.49. The molecule has 0 bridgehead atoms. The van der Waals surface area contributed by atoms with Crippen molar-refractivity contribution in [3.8, 4) is 34.8 Å². The summed E-state index contributed by atoms with van der Waals surface area (Å²) < 4.78 is 22.5.